The molecule has 2 aliphatic rings. The number of fused-ring (bicyclic) bond motifs is 1. The third-order valence-electron chi connectivity index (χ3n) is 6.12. The molecule has 3 aromatic rings. The number of para-hydroxylation sites is 1. The first kappa shape index (κ1) is 20.9. The number of hydrogen-bond donors (Lipinski definition) is 0. The summed E-state index contributed by atoms with van der Waals surface area (Å²) in [5.41, 5.74) is 2.14. The summed E-state index contributed by atoms with van der Waals surface area (Å²) in [6.07, 6.45) is 2.08. The lowest BCUT2D eigenvalue weighted by atomic mass is 10.1. The summed E-state index contributed by atoms with van der Waals surface area (Å²) in [6.45, 7) is 1.58. The first-order chi connectivity index (χ1) is 16.1. The van der Waals surface area contributed by atoms with Crippen molar-refractivity contribution < 1.29 is 19.1 Å². The minimum Gasteiger partial charge on any atom is -0.496 e. The predicted octanol–water partition coefficient (Wildman–Crippen LogP) is 3.27. The van der Waals surface area contributed by atoms with Gasteiger partial charge in [-0.15, -0.1) is 0 Å². The lowest BCUT2D eigenvalue weighted by Gasteiger charge is -2.28. The molecule has 168 valence electrons. The minimum atomic E-state index is -0.343. The molecule has 0 bridgehead atoms. The van der Waals surface area contributed by atoms with Gasteiger partial charge in [-0.2, -0.15) is 0 Å². The summed E-state index contributed by atoms with van der Waals surface area (Å²) < 4.78 is 5.47. The monoisotopic (exact) mass is 444 g/mol. The van der Waals surface area contributed by atoms with Gasteiger partial charge in [0.1, 0.15) is 11.4 Å². The van der Waals surface area contributed by atoms with Gasteiger partial charge in [0.05, 0.1) is 12.6 Å². The van der Waals surface area contributed by atoms with Crippen molar-refractivity contribution >= 4 is 34.3 Å². The van der Waals surface area contributed by atoms with Gasteiger partial charge in [0.2, 0.25) is 5.91 Å². The molecule has 33 heavy (non-hydrogen) atoms. The second kappa shape index (κ2) is 8.54. The Balaban J connectivity index is 1.39. The first-order valence-corrected chi connectivity index (χ1v) is 11.0. The molecule has 3 amide bonds. The number of hydrogen-bond acceptors (Lipinski definition) is 5. The number of hydrazine groups is 1. The van der Waals surface area contributed by atoms with E-state index in [0.717, 1.165) is 17.5 Å². The van der Waals surface area contributed by atoms with Gasteiger partial charge in [0, 0.05) is 48.8 Å². The average Bonchev–Trinajstić information content (AvgIpc) is 3.51. The van der Waals surface area contributed by atoms with Crippen LogP contribution in [0.3, 0.4) is 0 Å². The molecule has 0 saturated carbocycles. The van der Waals surface area contributed by atoms with Gasteiger partial charge in [-0.1, -0.05) is 12.1 Å². The van der Waals surface area contributed by atoms with Crippen LogP contribution >= 0.6 is 0 Å². The molecule has 0 aliphatic carbocycles. The minimum absolute atomic E-state index is 0.101. The van der Waals surface area contributed by atoms with Gasteiger partial charge in [-0.25, -0.2) is 15.0 Å². The van der Waals surface area contributed by atoms with Gasteiger partial charge in [-0.3, -0.25) is 14.4 Å². The van der Waals surface area contributed by atoms with Crippen molar-refractivity contribution in [3.63, 3.8) is 0 Å². The number of amides is 3. The second-order valence-electron chi connectivity index (χ2n) is 8.13. The standard InChI is InChI=1S/C25H24N4O4/c1-33-22-16-21(26-20-7-3-2-6-19(20)22)25(32)29-15-5-14-28(29)24(31)17-9-11-18(12-10-17)27-13-4-8-23(27)30/h2-3,6-7,9-12,16H,4-5,8,13-15H2,1H3. The van der Waals surface area contributed by atoms with Crippen molar-refractivity contribution in [1.29, 1.82) is 0 Å². The van der Waals surface area contributed by atoms with Crippen LogP contribution in [0, 0.1) is 0 Å². The molecule has 0 atom stereocenters. The van der Waals surface area contributed by atoms with Crippen LogP contribution in [-0.4, -0.2) is 59.5 Å². The number of anilines is 1. The zero-order valence-electron chi connectivity index (χ0n) is 18.4. The Morgan fingerprint density at radius 2 is 1.64 bits per heavy atom. The highest BCUT2D eigenvalue weighted by Crippen LogP contribution is 2.27. The Kier molecular flexibility index (Phi) is 5.42. The highest BCUT2D eigenvalue weighted by molar-refractivity contribution is 6.01. The van der Waals surface area contributed by atoms with Crippen molar-refractivity contribution in [2.75, 3.05) is 31.6 Å². The van der Waals surface area contributed by atoms with Gasteiger partial charge in [0.15, 0.2) is 0 Å². The normalized spacial score (nSPS) is 16.0. The smallest absolute Gasteiger partial charge is 0.291 e. The van der Waals surface area contributed by atoms with Gasteiger partial charge in [-0.05, 0) is 49.2 Å². The van der Waals surface area contributed by atoms with Crippen LogP contribution in [0.4, 0.5) is 5.69 Å². The van der Waals surface area contributed by atoms with Crippen LogP contribution in [-0.2, 0) is 4.79 Å². The van der Waals surface area contributed by atoms with Gasteiger partial charge in [0.25, 0.3) is 11.8 Å². The summed E-state index contributed by atoms with van der Waals surface area (Å²) in [6, 6.07) is 16.1. The van der Waals surface area contributed by atoms with Crippen molar-refractivity contribution in [2.24, 2.45) is 0 Å². The van der Waals surface area contributed by atoms with E-state index in [0.29, 0.717) is 49.3 Å². The predicted molar refractivity (Wildman–Crippen MR) is 123 cm³/mol. The van der Waals surface area contributed by atoms with E-state index in [9.17, 15) is 14.4 Å². The molecule has 0 spiro atoms. The molecular weight excluding hydrogens is 420 g/mol. The van der Waals surface area contributed by atoms with Crippen LogP contribution in [0.5, 0.6) is 5.75 Å². The van der Waals surface area contributed by atoms with E-state index >= 15 is 0 Å². The van der Waals surface area contributed by atoms with Crippen LogP contribution in [0.15, 0.2) is 54.6 Å². The highest BCUT2D eigenvalue weighted by atomic mass is 16.5. The molecule has 2 fully saturated rings. The second-order valence-corrected chi connectivity index (χ2v) is 8.13. The SMILES string of the molecule is COc1cc(C(=O)N2CCCN2C(=O)c2ccc(N3CCCC3=O)cc2)nc2ccccc12. The average molecular weight is 444 g/mol. The van der Waals surface area contributed by atoms with E-state index in [4.69, 9.17) is 4.74 Å². The maximum atomic E-state index is 13.3. The largest absolute Gasteiger partial charge is 0.496 e. The molecule has 8 heteroatoms. The number of nitrogens with zero attached hydrogens (tertiary/aromatic N) is 4. The third-order valence-corrected chi connectivity index (χ3v) is 6.12. The molecule has 2 aromatic carbocycles. The number of pyridine rings is 1. The lowest BCUT2D eigenvalue weighted by Crippen LogP contribution is -2.45. The molecular formula is C25H24N4O4. The fraction of sp³-hybridized carbons (Fsp3) is 0.280. The summed E-state index contributed by atoms with van der Waals surface area (Å²) in [5, 5.41) is 3.75. The number of benzene rings is 2. The van der Waals surface area contributed by atoms with Crippen LogP contribution in [0.25, 0.3) is 10.9 Å². The van der Waals surface area contributed by atoms with Gasteiger partial charge >= 0.3 is 0 Å². The summed E-state index contributed by atoms with van der Waals surface area (Å²) in [4.78, 5) is 44.8. The van der Waals surface area contributed by atoms with Gasteiger partial charge < -0.3 is 9.64 Å². The van der Waals surface area contributed by atoms with E-state index in [1.54, 1.807) is 42.3 Å². The number of carbonyl (C=O) groups excluding carboxylic acids is 3. The van der Waals surface area contributed by atoms with E-state index < -0.39 is 0 Å². The number of rotatable bonds is 4. The molecule has 3 heterocycles. The zero-order valence-corrected chi connectivity index (χ0v) is 18.4. The van der Waals surface area contributed by atoms with E-state index in [1.807, 2.05) is 24.3 Å². The highest BCUT2D eigenvalue weighted by Gasteiger charge is 2.33. The number of ether oxygens (including phenoxy) is 1. The Morgan fingerprint density at radius 3 is 2.33 bits per heavy atom. The molecule has 2 saturated heterocycles. The van der Waals surface area contributed by atoms with Crippen LogP contribution in [0.1, 0.15) is 40.1 Å². The summed E-state index contributed by atoms with van der Waals surface area (Å²) in [7, 11) is 1.56. The molecule has 0 radical (unpaired) electrons. The van der Waals surface area contributed by atoms with Crippen LogP contribution < -0.4 is 9.64 Å². The molecule has 0 unspecified atom stereocenters. The van der Waals surface area contributed by atoms with Crippen molar-refractivity contribution in [2.45, 2.75) is 19.3 Å². The maximum Gasteiger partial charge on any atom is 0.291 e. The molecule has 5 rings (SSSR count). The maximum absolute atomic E-state index is 13.3. The zero-order chi connectivity index (χ0) is 22.9. The summed E-state index contributed by atoms with van der Waals surface area (Å²) in [5.74, 6) is 0.0638. The number of aromatic nitrogens is 1. The Hall–Kier alpha value is -3.94. The molecule has 8 nitrogen and oxygen atoms in total. The van der Waals surface area contributed by atoms with Crippen LogP contribution in [0.2, 0.25) is 0 Å². The number of carbonyl (C=O) groups is 3. The van der Waals surface area contributed by atoms with Crippen molar-refractivity contribution in [3.8, 4) is 5.75 Å². The first-order valence-electron chi connectivity index (χ1n) is 11.0. The topological polar surface area (TPSA) is 83.0 Å². The van der Waals surface area contributed by atoms with E-state index in [2.05, 4.69) is 4.98 Å². The van der Waals surface area contributed by atoms with E-state index in [1.165, 1.54) is 10.0 Å². The third kappa shape index (κ3) is 3.77. The summed E-state index contributed by atoms with van der Waals surface area (Å²) >= 11 is 0. The van der Waals surface area contributed by atoms with Crippen molar-refractivity contribution in [3.05, 3.63) is 65.9 Å². The molecule has 2 aliphatic heterocycles. The Morgan fingerprint density at radius 1 is 0.909 bits per heavy atom. The fourth-order valence-electron chi connectivity index (χ4n) is 4.44. The fourth-order valence-corrected chi connectivity index (χ4v) is 4.44. The Labute approximate surface area is 191 Å². The Bertz CT molecular complexity index is 1240. The lowest BCUT2D eigenvalue weighted by molar-refractivity contribution is -0.117. The molecule has 1 aromatic heterocycles. The quantitative estimate of drug-likeness (QED) is 0.617. The number of methoxy groups -OCH3 is 1. The van der Waals surface area contributed by atoms with Crippen molar-refractivity contribution in [1.82, 2.24) is 15.0 Å². The van der Waals surface area contributed by atoms with E-state index in [-0.39, 0.29) is 23.4 Å². The molecule has 0 N–H and O–H groups in total.